The van der Waals surface area contributed by atoms with E-state index in [-0.39, 0.29) is 23.8 Å². The zero-order valence-corrected chi connectivity index (χ0v) is 13.7. The number of hydrogen-bond donors (Lipinski definition) is 1. The maximum absolute atomic E-state index is 11.9. The molecule has 1 N–H and O–H groups in total. The van der Waals surface area contributed by atoms with E-state index < -0.39 is 10.7 Å². The van der Waals surface area contributed by atoms with Crippen LogP contribution >= 0.6 is 0 Å². The Balaban J connectivity index is 2.06. The smallest absolute Gasteiger partial charge is 0.311 e. The maximum atomic E-state index is 11.9. The fourth-order valence-electron chi connectivity index (χ4n) is 2.26. The van der Waals surface area contributed by atoms with E-state index in [0.717, 1.165) is 0 Å². The van der Waals surface area contributed by atoms with Gasteiger partial charge in [0, 0.05) is 11.6 Å². The third-order valence-corrected chi connectivity index (χ3v) is 3.52. The van der Waals surface area contributed by atoms with E-state index in [2.05, 4.69) is 10.5 Å². The van der Waals surface area contributed by atoms with Gasteiger partial charge in [-0.1, -0.05) is 0 Å². The maximum Gasteiger partial charge on any atom is 0.311 e. The van der Waals surface area contributed by atoms with Crippen molar-refractivity contribution >= 4 is 17.3 Å². The van der Waals surface area contributed by atoms with Gasteiger partial charge in [0.05, 0.1) is 37.4 Å². The average Bonchev–Trinajstić information content (AvgIpc) is 2.97. The number of nitrogens with one attached hydrogen (secondary N) is 1. The summed E-state index contributed by atoms with van der Waals surface area (Å²) in [7, 11) is 1.36. The molecule has 0 aliphatic carbocycles. The molecule has 1 fully saturated rings. The van der Waals surface area contributed by atoms with Gasteiger partial charge in [-0.2, -0.15) is 5.10 Å². The molecular weight excluding hydrogens is 318 g/mol. The Morgan fingerprint density at radius 3 is 2.71 bits per heavy atom. The van der Waals surface area contributed by atoms with Gasteiger partial charge in [0.15, 0.2) is 11.5 Å². The zero-order valence-electron chi connectivity index (χ0n) is 13.7. The topological polar surface area (TPSA) is 112 Å². The van der Waals surface area contributed by atoms with Crippen LogP contribution in [0.25, 0.3) is 0 Å². The van der Waals surface area contributed by atoms with E-state index in [1.54, 1.807) is 19.9 Å². The SMILES string of the molecule is COc1ccc(/C(C)=N\NC(=O)CC2(C)OCCO2)cc1[N+](=O)[O-]. The van der Waals surface area contributed by atoms with Crippen LogP contribution in [0.3, 0.4) is 0 Å². The highest BCUT2D eigenvalue weighted by Crippen LogP contribution is 2.27. The van der Waals surface area contributed by atoms with Crippen LogP contribution in [0.2, 0.25) is 0 Å². The van der Waals surface area contributed by atoms with E-state index in [0.29, 0.717) is 24.5 Å². The number of carbonyl (C=O) groups excluding carboxylic acids is 1. The van der Waals surface area contributed by atoms with Crippen molar-refractivity contribution in [3.63, 3.8) is 0 Å². The molecule has 1 amide bonds. The van der Waals surface area contributed by atoms with Crippen LogP contribution in [0.15, 0.2) is 23.3 Å². The molecular formula is C15H19N3O6. The molecule has 9 nitrogen and oxygen atoms in total. The molecule has 9 heteroatoms. The van der Waals surface area contributed by atoms with Crippen molar-refractivity contribution in [2.75, 3.05) is 20.3 Å². The van der Waals surface area contributed by atoms with Crippen LogP contribution in [0.1, 0.15) is 25.8 Å². The molecule has 0 radical (unpaired) electrons. The molecule has 24 heavy (non-hydrogen) atoms. The minimum Gasteiger partial charge on any atom is -0.490 e. The first kappa shape index (κ1) is 17.8. The van der Waals surface area contributed by atoms with Gasteiger partial charge in [0.1, 0.15) is 0 Å². The monoisotopic (exact) mass is 337 g/mol. The van der Waals surface area contributed by atoms with Crippen molar-refractivity contribution in [2.45, 2.75) is 26.1 Å². The summed E-state index contributed by atoms with van der Waals surface area (Å²) in [5.74, 6) is -1.15. The zero-order chi connectivity index (χ0) is 17.7. The van der Waals surface area contributed by atoms with Gasteiger partial charge in [0.25, 0.3) is 0 Å². The van der Waals surface area contributed by atoms with Crippen LogP contribution in [0.4, 0.5) is 5.69 Å². The first-order valence-corrected chi connectivity index (χ1v) is 7.28. The second-order valence-electron chi connectivity index (χ2n) is 5.38. The number of rotatable bonds is 6. The van der Waals surface area contributed by atoms with Crippen LogP contribution in [0.5, 0.6) is 5.75 Å². The van der Waals surface area contributed by atoms with Crippen molar-refractivity contribution < 1.29 is 23.9 Å². The van der Waals surface area contributed by atoms with E-state index in [4.69, 9.17) is 14.2 Å². The molecule has 1 saturated heterocycles. The van der Waals surface area contributed by atoms with Crippen molar-refractivity contribution in [3.05, 3.63) is 33.9 Å². The van der Waals surface area contributed by atoms with Gasteiger partial charge in [-0.05, 0) is 26.0 Å². The van der Waals surface area contributed by atoms with Crippen LogP contribution in [-0.4, -0.2) is 42.7 Å². The fraction of sp³-hybridized carbons (Fsp3) is 0.467. The molecule has 130 valence electrons. The van der Waals surface area contributed by atoms with Gasteiger partial charge < -0.3 is 14.2 Å². The van der Waals surface area contributed by atoms with Crippen molar-refractivity contribution in [2.24, 2.45) is 5.10 Å². The van der Waals surface area contributed by atoms with E-state index in [1.165, 1.54) is 19.2 Å². The second-order valence-corrected chi connectivity index (χ2v) is 5.38. The molecule has 1 heterocycles. The largest absolute Gasteiger partial charge is 0.490 e. The van der Waals surface area contributed by atoms with Gasteiger partial charge in [-0.15, -0.1) is 0 Å². The summed E-state index contributed by atoms with van der Waals surface area (Å²) in [5.41, 5.74) is 3.15. The highest BCUT2D eigenvalue weighted by atomic mass is 16.7. The molecule has 0 unspecified atom stereocenters. The molecule has 1 aromatic rings. The minimum atomic E-state index is -0.938. The standard InChI is InChI=1S/C15H19N3O6/c1-10(11-4-5-13(22-3)12(8-11)18(20)21)16-17-14(19)9-15(2)23-6-7-24-15/h4-5,8H,6-7,9H2,1-3H3,(H,17,19)/b16-10-. The number of amides is 1. The first-order valence-electron chi connectivity index (χ1n) is 7.28. The van der Waals surface area contributed by atoms with E-state index in [9.17, 15) is 14.9 Å². The van der Waals surface area contributed by atoms with Crippen molar-refractivity contribution in [1.82, 2.24) is 5.43 Å². The molecule has 0 atom stereocenters. The summed E-state index contributed by atoms with van der Waals surface area (Å²) in [5, 5.41) is 15.0. The average molecular weight is 337 g/mol. The third kappa shape index (κ3) is 4.27. The molecule has 0 aromatic heterocycles. The molecule has 1 aliphatic heterocycles. The van der Waals surface area contributed by atoms with Gasteiger partial charge in [-0.25, -0.2) is 5.43 Å². The van der Waals surface area contributed by atoms with Crippen LogP contribution in [0, 0.1) is 10.1 Å². The summed E-state index contributed by atoms with van der Waals surface area (Å²) in [6.45, 7) is 4.21. The van der Waals surface area contributed by atoms with Gasteiger partial charge in [-0.3, -0.25) is 14.9 Å². The highest BCUT2D eigenvalue weighted by molar-refractivity contribution is 6.00. The summed E-state index contributed by atoms with van der Waals surface area (Å²) >= 11 is 0. The number of methoxy groups -OCH3 is 1. The predicted octanol–water partition coefficient (Wildman–Crippen LogP) is 1.60. The van der Waals surface area contributed by atoms with E-state index >= 15 is 0 Å². The molecule has 0 bridgehead atoms. The predicted molar refractivity (Wildman–Crippen MR) is 84.9 cm³/mol. The van der Waals surface area contributed by atoms with Gasteiger partial charge in [0.2, 0.25) is 5.91 Å². The second kappa shape index (κ2) is 7.37. The Morgan fingerprint density at radius 1 is 1.46 bits per heavy atom. The Labute approximate surface area is 138 Å². The van der Waals surface area contributed by atoms with Gasteiger partial charge >= 0.3 is 5.69 Å². The molecule has 2 rings (SSSR count). The number of ether oxygens (including phenoxy) is 3. The number of carbonyl (C=O) groups is 1. The summed E-state index contributed by atoms with van der Waals surface area (Å²) in [4.78, 5) is 22.4. The third-order valence-electron chi connectivity index (χ3n) is 3.52. The summed E-state index contributed by atoms with van der Waals surface area (Å²) in [6.07, 6.45) is 0.00649. The Morgan fingerprint density at radius 2 is 2.12 bits per heavy atom. The summed E-state index contributed by atoms with van der Waals surface area (Å²) in [6, 6.07) is 4.45. The molecule has 1 aliphatic rings. The molecule has 0 saturated carbocycles. The Bertz CT molecular complexity index is 667. The van der Waals surface area contributed by atoms with E-state index in [1.807, 2.05) is 0 Å². The van der Waals surface area contributed by atoms with Crippen LogP contribution in [-0.2, 0) is 14.3 Å². The fourth-order valence-corrected chi connectivity index (χ4v) is 2.26. The first-order chi connectivity index (χ1) is 11.3. The number of nitro groups is 1. The number of nitrogens with zero attached hydrogens (tertiary/aromatic N) is 2. The number of nitro benzene ring substituents is 1. The number of benzene rings is 1. The van der Waals surface area contributed by atoms with Crippen molar-refractivity contribution in [3.8, 4) is 5.75 Å². The normalized spacial score (nSPS) is 16.7. The summed E-state index contributed by atoms with van der Waals surface area (Å²) < 4.78 is 15.6. The quantitative estimate of drug-likeness (QED) is 0.479. The lowest BCUT2D eigenvalue weighted by molar-refractivity contribution is -0.385. The number of hydrogen-bond acceptors (Lipinski definition) is 7. The Hall–Kier alpha value is -2.52. The lowest BCUT2D eigenvalue weighted by Gasteiger charge is -2.20. The van der Waals surface area contributed by atoms with Crippen LogP contribution < -0.4 is 10.2 Å². The minimum absolute atomic E-state index is 0.00649. The Kier molecular flexibility index (Phi) is 5.47. The molecule has 1 aromatic carbocycles. The lowest BCUT2D eigenvalue weighted by Crippen LogP contribution is -2.33. The van der Waals surface area contributed by atoms with Crippen molar-refractivity contribution in [1.29, 1.82) is 0 Å². The number of hydrazone groups is 1. The highest BCUT2D eigenvalue weighted by Gasteiger charge is 2.33. The molecule has 0 spiro atoms. The lowest BCUT2D eigenvalue weighted by atomic mass is 10.1.